The van der Waals surface area contributed by atoms with Crippen LogP contribution in [-0.2, 0) is 12.8 Å². The second-order valence-corrected chi connectivity index (χ2v) is 6.04. The molecule has 2 aromatic rings. The molecule has 0 fully saturated rings. The lowest BCUT2D eigenvalue weighted by molar-refractivity contribution is 0.567. The lowest BCUT2D eigenvalue weighted by Gasteiger charge is -2.03. The highest BCUT2D eigenvalue weighted by Crippen LogP contribution is 2.12. The standard InChI is InChI=1S/C20H28N2/c1(3-5-7-9-19-11-15-21-16-12-19)2-4-6-8-10-20-13-17-22-18-14-20/h11-18H,1-10H2. The molecule has 22 heavy (non-hydrogen) atoms. The van der Waals surface area contributed by atoms with E-state index in [2.05, 4.69) is 34.2 Å². The van der Waals surface area contributed by atoms with Crippen molar-refractivity contribution in [1.29, 1.82) is 0 Å². The Morgan fingerprint density at radius 1 is 0.455 bits per heavy atom. The molecule has 2 heterocycles. The maximum absolute atomic E-state index is 4.05. The van der Waals surface area contributed by atoms with Crippen LogP contribution in [-0.4, -0.2) is 9.97 Å². The summed E-state index contributed by atoms with van der Waals surface area (Å²) in [4.78, 5) is 8.11. The van der Waals surface area contributed by atoms with Crippen LogP contribution in [0.5, 0.6) is 0 Å². The highest BCUT2D eigenvalue weighted by molar-refractivity contribution is 5.10. The third-order valence-corrected chi connectivity index (χ3v) is 4.18. The van der Waals surface area contributed by atoms with Crippen LogP contribution in [0.3, 0.4) is 0 Å². The fraction of sp³-hybridized carbons (Fsp3) is 0.500. The predicted molar refractivity (Wildman–Crippen MR) is 92.8 cm³/mol. The van der Waals surface area contributed by atoms with Crippen molar-refractivity contribution < 1.29 is 0 Å². The summed E-state index contributed by atoms with van der Waals surface area (Å²) in [5.74, 6) is 0. The Morgan fingerprint density at radius 3 is 1.14 bits per heavy atom. The highest BCUT2D eigenvalue weighted by Gasteiger charge is 1.95. The Balaban J connectivity index is 1.37. The van der Waals surface area contributed by atoms with Gasteiger partial charge in [0.2, 0.25) is 0 Å². The summed E-state index contributed by atoms with van der Waals surface area (Å²) in [6, 6.07) is 8.51. The van der Waals surface area contributed by atoms with E-state index in [0.29, 0.717) is 0 Å². The fourth-order valence-electron chi connectivity index (χ4n) is 2.82. The van der Waals surface area contributed by atoms with Crippen molar-refractivity contribution in [3.05, 3.63) is 60.2 Å². The first kappa shape index (κ1) is 16.7. The molecule has 0 radical (unpaired) electrons. The molecule has 2 heteroatoms. The van der Waals surface area contributed by atoms with E-state index in [0.717, 1.165) is 0 Å². The monoisotopic (exact) mass is 296 g/mol. The average molecular weight is 296 g/mol. The van der Waals surface area contributed by atoms with Crippen molar-refractivity contribution >= 4 is 0 Å². The Bertz CT molecular complexity index is 434. The largest absolute Gasteiger partial charge is 0.265 e. The molecule has 0 saturated heterocycles. The average Bonchev–Trinajstić information content (AvgIpc) is 2.58. The molecule has 0 N–H and O–H groups in total. The first-order chi connectivity index (χ1) is 10.9. The van der Waals surface area contributed by atoms with Gasteiger partial charge in [0, 0.05) is 24.8 Å². The van der Waals surface area contributed by atoms with E-state index >= 15 is 0 Å². The minimum Gasteiger partial charge on any atom is -0.265 e. The van der Waals surface area contributed by atoms with Gasteiger partial charge in [0.05, 0.1) is 0 Å². The zero-order chi connectivity index (χ0) is 15.3. The summed E-state index contributed by atoms with van der Waals surface area (Å²) in [5, 5.41) is 0. The van der Waals surface area contributed by atoms with Gasteiger partial charge in [-0.2, -0.15) is 0 Å². The molecule has 0 aromatic carbocycles. The molecular weight excluding hydrogens is 268 g/mol. The van der Waals surface area contributed by atoms with Crippen molar-refractivity contribution in [3.63, 3.8) is 0 Å². The van der Waals surface area contributed by atoms with E-state index in [1.807, 2.05) is 24.8 Å². The molecule has 0 amide bonds. The molecular formula is C20H28N2. The quantitative estimate of drug-likeness (QED) is 0.520. The summed E-state index contributed by atoms with van der Waals surface area (Å²) >= 11 is 0. The van der Waals surface area contributed by atoms with Crippen LogP contribution in [0.25, 0.3) is 0 Å². The molecule has 2 nitrogen and oxygen atoms in total. The van der Waals surface area contributed by atoms with Gasteiger partial charge in [-0.1, -0.05) is 38.5 Å². The second-order valence-electron chi connectivity index (χ2n) is 6.04. The normalized spacial score (nSPS) is 10.7. The third kappa shape index (κ3) is 7.35. The third-order valence-electron chi connectivity index (χ3n) is 4.18. The summed E-state index contributed by atoms with van der Waals surface area (Å²) in [5.41, 5.74) is 2.84. The van der Waals surface area contributed by atoms with E-state index in [-0.39, 0.29) is 0 Å². The number of hydrogen-bond acceptors (Lipinski definition) is 2. The van der Waals surface area contributed by atoms with Crippen molar-refractivity contribution in [2.24, 2.45) is 0 Å². The van der Waals surface area contributed by atoms with Crippen LogP contribution in [0.1, 0.15) is 62.5 Å². The van der Waals surface area contributed by atoms with Crippen LogP contribution in [0.4, 0.5) is 0 Å². The molecule has 0 unspecified atom stereocenters. The van der Waals surface area contributed by atoms with Gasteiger partial charge in [-0.15, -0.1) is 0 Å². The maximum atomic E-state index is 4.05. The number of aromatic nitrogens is 2. The van der Waals surface area contributed by atoms with Crippen LogP contribution in [0, 0.1) is 0 Å². The lowest BCUT2D eigenvalue weighted by atomic mass is 10.0. The SMILES string of the molecule is c1cc(CCCCCCCCCCc2ccncc2)ccn1. The fourth-order valence-corrected chi connectivity index (χ4v) is 2.82. The Labute approximate surface area is 135 Å². The van der Waals surface area contributed by atoms with Crippen molar-refractivity contribution in [1.82, 2.24) is 9.97 Å². The van der Waals surface area contributed by atoms with Crippen LogP contribution >= 0.6 is 0 Å². The van der Waals surface area contributed by atoms with Crippen molar-refractivity contribution in [3.8, 4) is 0 Å². The minimum absolute atomic E-state index is 1.20. The second kappa shape index (κ2) is 10.9. The van der Waals surface area contributed by atoms with Gasteiger partial charge in [0.25, 0.3) is 0 Å². The summed E-state index contributed by atoms with van der Waals surface area (Å²) < 4.78 is 0. The molecule has 118 valence electrons. The van der Waals surface area contributed by atoms with E-state index in [1.165, 1.54) is 75.3 Å². The summed E-state index contributed by atoms with van der Waals surface area (Å²) in [6.45, 7) is 0. The summed E-state index contributed by atoms with van der Waals surface area (Å²) in [6.07, 6.45) is 20.9. The van der Waals surface area contributed by atoms with Crippen molar-refractivity contribution in [2.45, 2.75) is 64.2 Å². The van der Waals surface area contributed by atoms with Gasteiger partial charge in [-0.3, -0.25) is 9.97 Å². The molecule has 0 aliphatic heterocycles. The molecule has 2 aromatic heterocycles. The molecule has 0 atom stereocenters. The Hall–Kier alpha value is -1.70. The van der Waals surface area contributed by atoms with E-state index in [9.17, 15) is 0 Å². The van der Waals surface area contributed by atoms with Crippen LogP contribution < -0.4 is 0 Å². The van der Waals surface area contributed by atoms with Crippen molar-refractivity contribution in [2.75, 3.05) is 0 Å². The van der Waals surface area contributed by atoms with Gasteiger partial charge in [0.15, 0.2) is 0 Å². The topological polar surface area (TPSA) is 25.8 Å². The van der Waals surface area contributed by atoms with Gasteiger partial charge >= 0.3 is 0 Å². The van der Waals surface area contributed by atoms with Crippen LogP contribution in [0.15, 0.2) is 49.1 Å². The highest BCUT2D eigenvalue weighted by atomic mass is 14.6. The lowest BCUT2D eigenvalue weighted by Crippen LogP contribution is -1.88. The molecule has 0 aliphatic carbocycles. The van der Waals surface area contributed by atoms with Crippen LogP contribution in [0.2, 0.25) is 0 Å². The molecule has 0 saturated carbocycles. The number of hydrogen-bond donors (Lipinski definition) is 0. The summed E-state index contributed by atoms with van der Waals surface area (Å²) in [7, 11) is 0. The smallest absolute Gasteiger partial charge is 0.0270 e. The van der Waals surface area contributed by atoms with E-state index in [4.69, 9.17) is 0 Å². The number of unbranched alkanes of at least 4 members (excludes halogenated alkanes) is 7. The molecule has 0 bridgehead atoms. The van der Waals surface area contributed by atoms with Gasteiger partial charge < -0.3 is 0 Å². The molecule has 0 aliphatic rings. The Kier molecular flexibility index (Phi) is 8.29. The van der Waals surface area contributed by atoms with Gasteiger partial charge in [0.1, 0.15) is 0 Å². The van der Waals surface area contributed by atoms with Gasteiger partial charge in [-0.05, 0) is 61.1 Å². The Morgan fingerprint density at radius 2 is 0.773 bits per heavy atom. The molecule has 2 rings (SSSR count). The first-order valence-corrected chi connectivity index (χ1v) is 8.73. The van der Waals surface area contributed by atoms with E-state index in [1.54, 1.807) is 0 Å². The minimum atomic E-state index is 1.20. The molecule has 0 spiro atoms. The zero-order valence-electron chi connectivity index (χ0n) is 13.6. The van der Waals surface area contributed by atoms with Gasteiger partial charge in [-0.25, -0.2) is 0 Å². The zero-order valence-corrected chi connectivity index (χ0v) is 13.6. The maximum Gasteiger partial charge on any atom is 0.0270 e. The van der Waals surface area contributed by atoms with E-state index < -0.39 is 0 Å². The number of nitrogens with zero attached hydrogens (tertiary/aromatic N) is 2. The first-order valence-electron chi connectivity index (χ1n) is 8.73. The predicted octanol–water partition coefficient (Wildman–Crippen LogP) is 5.38. The number of aryl methyl sites for hydroxylation is 2. The number of rotatable bonds is 11. The number of pyridine rings is 2.